The molecule has 1 rings (SSSR count). The van der Waals surface area contributed by atoms with Crippen LogP contribution in [0.4, 0.5) is 5.69 Å². The summed E-state index contributed by atoms with van der Waals surface area (Å²) in [6.45, 7) is 4.60. The number of nitrogens with zero attached hydrogens (tertiary/aromatic N) is 3. The summed E-state index contributed by atoms with van der Waals surface area (Å²) < 4.78 is 1.39. The van der Waals surface area contributed by atoms with Crippen molar-refractivity contribution in [3.05, 3.63) is 21.5 Å². The lowest BCUT2D eigenvalue weighted by atomic mass is 10.1. The number of nitrogens with one attached hydrogen (secondary N) is 1. The molecule has 120 valence electrons. The number of aromatic nitrogens is 2. The molecular weight excluding hydrogens is 280 g/mol. The fourth-order valence-electron chi connectivity index (χ4n) is 1.96. The van der Waals surface area contributed by atoms with Crippen molar-refractivity contribution in [2.24, 2.45) is 0 Å². The first-order chi connectivity index (χ1) is 9.68. The number of rotatable bonds is 8. The van der Waals surface area contributed by atoms with Crippen molar-refractivity contribution in [3.8, 4) is 0 Å². The van der Waals surface area contributed by atoms with Crippen LogP contribution in [0.5, 0.6) is 0 Å². The summed E-state index contributed by atoms with van der Waals surface area (Å²) in [6.07, 6.45) is -0.822. The first-order valence-electron chi connectivity index (χ1n) is 6.58. The molecule has 4 N–H and O–H groups in total. The molecule has 0 saturated heterocycles. The van der Waals surface area contributed by atoms with E-state index < -0.39 is 16.6 Å². The third-order valence-electron chi connectivity index (χ3n) is 3.14. The van der Waals surface area contributed by atoms with Gasteiger partial charge < -0.3 is 20.6 Å². The highest BCUT2D eigenvalue weighted by atomic mass is 16.6. The average Bonchev–Trinajstić information content (AvgIpc) is 2.64. The molecule has 0 radical (unpaired) electrons. The van der Waals surface area contributed by atoms with Crippen LogP contribution in [0.1, 0.15) is 18.3 Å². The van der Waals surface area contributed by atoms with Gasteiger partial charge in [-0.15, -0.1) is 0 Å². The van der Waals surface area contributed by atoms with Crippen molar-refractivity contribution >= 4 is 5.69 Å². The molecule has 0 aliphatic heterocycles. The Morgan fingerprint density at radius 2 is 2.14 bits per heavy atom. The second-order valence-corrected chi connectivity index (χ2v) is 5.40. The maximum absolute atomic E-state index is 10.9. The van der Waals surface area contributed by atoms with E-state index in [1.807, 2.05) is 0 Å². The van der Waals surface area contributed by atoms with Crippen molar-refractivity contribution in [2.45, 2.75) is 39.0 Å². The molecule has 1 aromatic rings. The zero-order valence-corrected chi connectivity index (χ0v) is 12.4. The Morgan fingerprint density at radius 1 is 1.52 bits per heavy atom. The van der Waals surface area contributed by atoms with Crippen molar-refractivity contribution in [2.75, 3.05) is 19.7 Å². The highest BCUT2D eigenvalue weighted by Gasteiger charge is 2.23. The molecule has 0 fully saturated rings. The summed E-state index contributed by atoms with van der Waals surface area (Å²) in [4.78, 5) is 10.4. The maximum Gasteiger partial charge on any atom is 0.312 e. The van der Waals surface area contributed by atoms with Crippen molar-refractivity contribution in [1.82, 2.24) is 15.1 Å². The lowest BCUT2D eigenvalue weighted by molar-refractivity contribution is -0.386. The maximum atomic E-state index is 10.9. The number of aryl methyl sites for hydroxylation is 1. The Labute approximate surface area is 122 Å². The first kappa shape index (κ1) is 17.5. The highest BCUT2D eigenvalue weighted by Crippen LogP contribution is 2.21. The van der Waals surface area contributed by atoms with E-state index in [1.54, 1.807) is 13.8 Å². The van der Waals surface area contributed by atoms with Gasteiger partial charge in [-0.3, -0.25) is 14.8 Å². The predicted octanol–water partition coefficient (Wildman–Crippen LogP) is -0.898. The van der Waals surface area contributed by atoms with Crippen LogP contribution in [0.25, 0.3) is 0 Å². The molecule has 0 amide bonds. The van der Waals surface area contributed by atoms with Gasteiger partial charge in [0.25, 0.3) is 0 Å². The fourth-order valence-corrected chi connectivity index (χ4v) is 1.96. The van der Waals surface area contributed by atoms with Gasteiger partial charge in [0.2, 0.25) is 0 Å². The Bertz CT molecular complexity index is 500. The molecule has 1 heterocycles. The average molecular weight is 302 g/mol. The standard InChI is InChI=1S/C12H22N4O5/c1-8-11(16(20)21)9(2)15(14-8)5-10(18)4-13-6-12(3,19)7-17/h10,13,17-19H,4-7H2,1-3H3. The first-order valence-corrected chi connectivity index (χ1v) is 6.58. The summed E-state index contributed by atoms with van der Waals surface area (Å²) in [5.41, 5.74) is -0.602. The molecule has 0 aliphatic carbocycles. The van der Waals surface area contributed by atoms with Gasteiger partial charge in [0.05, 0.1) is 29.8 Å². The van der Waals surface area contributed by atoms with Crippen molar-refractivity contribution in [3.63, 3.8) is 0 Å². The van der Waals surface area contributed by atoms with Crippen LogP contribution in [-0.2, 0) is 6.54 Å². The van der Waals surface area contributed by atoms with E-state index in [0.717, 1.165) is 0 Å². The van der Waals surface area contributed by atoms with E-state index in [2.05, 4.69) is 10.4 Å². The van der Waals surface area contributed by atoms with E-state index in [4.69, 9.17) is 5.11 Å². The van der Waals surface area contributed by atoms with Gasteiger partial charge in [-0.1, -0.05) is 0 Å². The van der Waals surface area contributed by atoms with Gasteiger partial charge in [0.1, 0.15) is 11.4 Å². The number of hydrogen-bond donors (Lipinski definition) is 4. The Morgan fingerprint density at radius 3 is 2.62 bits per heavy atom. The molecule has 21 heavy (non-hydrogen) atoms. The summed E-state index contributed by atoms with van der Waals surface area (Å²) in [7, 11) is 0. The number of aliphatic hydroxyl groups excluding tert-OH is 2. The fraction of sp³-hybridized carbons (Fsp3) is 0.750. The van der Waals surface area contributed by atoms with E-state index >= 15 is 0 Å². The van der Waals surface area contributed by atoms with Gasteiger partial charge in [-0.25, -0.2) is 0 Å². The molecule has 9 nitrogen and oxygen atoms in total. The van der Waals surface area contributed by atoms with Gasteiger partial charge in [0.15, 0.2) is 0 Å². The topological polar surface area (TPSA) is 134 Å². The normalized spacial score (nSPS) is 15.7. The molecule has 0 aromatic carbocycles. The van der Waals surface area contributed by atoms with Gasteiger partial charge in [-0.05, 0) is 20.8 Å². The van der Waals surface area contributed by atoms with Crippen LogP contribution in [0, 0.1) is 24.0 Å². The van der Waals surface area contributed by atoms with Gasteiger partial charge in [-0.2, -0.15) is 5.10 Å². The van der Waals surface area contributed by atoms with Crippen molar-refractivity contribution < 1.29 is 20.2 Å². The van der Waals surface area contributed by atoms with Gasteiger partial charge in [0, 0.05) is 13.1 Å². The minimum Gasteiger partial charge on any atom is -0.393 e. The zero-order chi connectivity index (χ0) is 16.2. The smallest absolute Gasteiger partial charge is 0.312 e. The predicted molar refractivity (Wildman–Crippen MR) is 74.9 cm³/mol. The number of hydrogen-bond acceptors (Lipinski definition) is 7. The molecule has 0 bridgehead atoms. The highest BCUT2D eigenvalue weighted by molar-refractivity contribution is 5.39. The molecular formula is C12H22N4O5. The molecule has 2 unspecified atom stereocenters. The number of aliphatic hydroxyl groups is 3. The lowest BCUT2D eigenvalue weighted by Gasteiger charge is -2.22. The minimum absolute atomic E-state index is 0.0432. The summed E-state index contributed by atoms with van der Waals surface area (Å²) in [5, 5.41) is 46.1. The molecule has 2 atom stereocenters. The van der Waals surface area contributed by atoms with E-state index in [0.29, 0.717) is 11.4 Å². The monoisotopic (exact) mass is 302 g/mol. The van der Waals surface area contributed by atoms with Gasteiger partial charge >= 0.3 is 5.69 Å². The van der Waals surface area contributed by atoms with E-state index in [-0.39, 0.29) is 31.9 Å². The second-order valence-electron chi connectivity index (χ2n) is 5.40. The Balaban J connectivity index is 2.58. The van der Waals surface area contributed by atoms with E-state index in [9.17, 15) is 20.3 Å². The SMILES string of the molecule is Cc1nn(CC(O)CNCC(C)(O)CO)c(C)c1[N+](=O)[O-]. The molecule has 0 aliphatic rings. The summed E-state index contributed by atoms with van der Waals surface area (Å²) in [5.74, 6) is 0. The van der Waals surface area contributed by atoms with Crippen molar-refractivity contribution in [1.29, 1.82) is 0 Å². The summed E-state index contributed by atoms with van der Waals surface area (Å²) >= 11 is 0. The minimum atomic E-state index is -1.25. The lowest BCUT2D eigenvalue weighted by Crippen LogP contribution is -2.43. The number of nitro groups is 1. The largest absolute Gasteiger partial charge is 0.393 e. The Hall–Kier alpha value is -1.55. The summed E-state index contributed by atoms with van der Waals surface area (Å²) in [6, 6.07) is 0. The van der Waals surface area contributed by atoms with Crippen LogP contribution >= 0.6 is 0 Å². The van der Waals surface area contributed by atoms with Crippen LogP contribution in [0.15, 0.2) is 0 Å². The zero-order valence-electron chi connectivity index (χ0n) is 12.4. The van der Waals surface area contributed by atoms with E-state index in [1.165, 1.54) is 11.6 Å². The third kappa shape index (κ3) is 4.74. The third-order valence-corrected chi connectivity index (χ3v) is 3.14. The molecule has 1 aromatic heterocycles. The molecule has 9 heteroatoms. The van der Waals surface area contributed by atoms with Crippen LogP contribution < -0.4 is 5.32 Å². The van der Waals surface area contributed by atoms with Crippen LogP contribution in [0.2, 0.25) is 0 Å². The molecule has 0 spiro atoms. The quantitative estimate of drug-likeness (QED) is 0.361. The van der Waals surface area contributed by atoms with Crippen LogP contribution in [0.3, 0.4) is 0 Å². The Kier molecular flexibility index (Phi) is 5.78. The molecule has 0 saturated carbocycles. The van der Waals surface area contributed by atoms with Crippen LogP contribution in [-0.4, -0.2) is 61.4 Å². The second kappa shape index (κ2) is 6.94.